The number of carbonyl (C=O) groups is 4. The minimum Gasteiger partial charge on any atom is -0.452 e. The summed E-state index contributed by atoms with van der Waals surface area (Å²) >= 11 is 0. The summed E-state index contributed by atoms with van der Waals surface area (Å²) < 4.78 is 5.13. The number of rotatable bonds is 6. The molecule has 1 aliphatic carbocycles. The van der Waals surface area contributed by atoms with Gasteiger partial charge in [0, 0.05) is 5.69 Å². The van der Waals surface area contributed by atoms with Gasteiger partial charge in [-0.2, -0.15) is 0 Å². The van der Waals surface area contributed by atoms with E-state index in [1.807, 2.05) is 25.1 Å². The average Bonchev–Trinajstić information content (AvgIpc) is 3.07. The molecule has 7 heteroatoms. The fraction of sp³-hybridized carbons (Fsp3) is 0.385. The number of imide groups is 1. The number of fused-ring (bicyclic) bond motifs is 1. The molecule has 0 aromatic heterocycles. The molecule has 0 unspecified atom stereocenters. The van der Waals surface area contributed by atoms with Crippen molar-refractivity contribution in [2.24, 2.45) is 17.8 Å². The zero-order chi connectivity index (χ0) is 23.5. The molecule has 2 aromatic carbocycles. The highest BCUT2D eigenvalue weighted by molar-refractivity contribution is 6.22. The van der Waals surface area contributed by atoms with E-state index in [9.17, 15) is 19.2 Å². The van der Waals surface area contributed by atoms with Crippen molar-refractivity contribution in [1.82, 2.24) is 0 Å². The van der Waals surface area contributed by atoms with Crippen LogP contribution in [0, 0.1) is 17.8 Å². The number of nitrogens with zero attached hydrogens (tertiary/aromatic N) is 1. The van der Waals surface area contributed by atoms with Gasteiger partial charge in [0.1, 0.15) is 0 Å². The van der Waals surface area contributed by atoms with Gasteiger partial charge in [-0.25, -0.2) is 4.79 Å². The van der Waals surface area contributed by atoms with E-state index >= 15 is 0 Å². The largest absolute Gasteiger partial charge is 0.452 e. The molecule has 0 bridgehead atoms. The Balaban J connectivity index is 1.36. The van der Waals surface area contributed by atoms with E-state index in [4.69, 9.17) is 4.74 Å². The van der Waals surface area contributed by atoms with Gasteiger partial charge in [-0.1, -0.05) is 32.0 Å². The molecule has 2 fully saturated rings. The zero-order valence-electron chi connectivity index (χ0n) is 18.9. The molecule has 3 atom stereocenters. The maximum absolute atomic E-state index is 12.9. The molecule has 1 saturated carbocycles. The van der Waals surface area contributed by atoms with Gasteiger partial charge in [-0.3, -0.25) is 19.3 Å². The number of para-hydroxylation sites is 1. The van der Waals surface area contributed by atoms with Gasteiger partial charge in [0.15, 0.2) is 6.61 Å². The Bertz CT molecular complexity index is 1080. The van der Waals surface area contributed by atoms with E-state index in [0.717, 1.165) is 31.2 Å². The van der Waals surface area contributed by atoms with Gasteiger partial charge in [-0.15, -0.1) is 0 Å². The first-order chi connectivity index (χ1) is 15.9. The van der Waals surface area contributed by atoms with E-state index in [1.54, 1.807) is 18.2 Å². The van der Waals surface area contributed by atoms with E-state index in [-0.39, 0.29) is 29.2 Å². The molecule has 7 nitrogen and oxygen atoms in total. The first-order valence-corrected chi connectivity index (χ1v) is 11.4. The van der Waals surface area contributed by atoms with Crippen LogP contribution in [0.4, 0.5) is 11.4 Å². The monoisotopic (exact) mass is 448 g/mol. The lowest BCUT2D eigenvalue weighted by Gasteiger charge is -2.25. The van der Waals surface area contributed by atoms with Crippen LogP contribution in [0.1, 0.15) is 49.0 Å². The summed E-state index contributed by atoms with van der Waals surface area (Å²) in [6.07, 6.45) is 3.20. The summed E-state index contributed by atoms with van der Waals surface area (Å²) in [5, 5.41) is 2.75. The smallest absolute Gasteiger partial charge is 0.338 e. The van der Waals surface area contributed by atoms with Crippen molar-refractivity contribution in [2.75, 3.05) is 16.8 Å². The highest BCUT2D eigenvalue weighted by atomic mass is 16.5. The summed E-state index contributed by atoms with van der Waals surface area (Å²) in [7, 11) is 0. The Hall–Kier alpha value is -3.48. The maximum atomic E-state index is 12.9. The van der Waals surface area contributed by atoms with Crippen molar-refractivity contribution in [2.45, 2.75) is 39.5 Å². The third kappa shape index (κ3) is 4.67. The third-order valence-corrected chi connectivity index (χ3v) is 6.56. The summed E-state index contributed by atoms with van der Waals surface area (Å²) in [4.78, 5) is 51.5. The van der Waals surface area contributed by atoms with Crippen LogP contribution in [-0.2, 0) is 25.5 Å². The van der Waals surface area contributed by atoms with E-state index in [1.165, 1.54) is 17.0 Å². The predicted octanol–water partition coefficient (Wildman–Crippen LogP) is 3.97. The molecule has 2 aromatic rings. The Labute approximate surface area is 193 Å². The minimum absolute atomic E-state index is 0.156. The van der Waals surface area contributed by atoms with Crippen LogP contribution in [-0.4, -0.2) is 30.3 Å². The molecule has 0 radical (unpaired) electrons. The molecular weight excluding hydrogens is 420 g/mol. The molecule has 2 aliphatic rings. The van der Waals surface area contributed by atoms with Gasteiger partial charge < -0.3 is 10.1 Å². The van der Waals surface area contributed by atoms with Gasteiger partial charge in [0.05, 0.1) is 23.1 Å². The standard InChI is InChI=1S/C26H28N2O5/c1-3-17-6-4-5-7-22(17)27-23(29)15-33-26(32)18-9-11-19(12-10-18)28-24(30)20-13-8-16(2)14-21(20)25(28)31/h4-7,9-12,16,20-21H,3,8,13-15H2,1-2H3,(H,27,29)/t16-,20+,21-/m0/s1. The van der Waals surface area contributed by atoms with Crippen LogP contribution in [0.25, 0.3) is 0 Å². The van der Waals surface area contributed by atoms with E-state index in [2.05, 4.69) is 12.2 Å². The van der Waals surface area contributed by atoms with Crippen molar-refractivity contribution < 1.29 is 23.9 Å². The first-order valence-electron chi connectivity index (χ1n) is 11.4. The number of hydrogen-bond donors (Lipinski definition) is 1. The lowest BCUT2D eigenvalue weighted by molar-refractivity contribution is -0.122. The van der Waals surface area contributed by atoms with Crippen LogP contribution < -0.4 is 10.2 Å². The van der Waals surface area contributed by atoms with Crippen LogP contribution in [0.5, 0.6) is 0 Å². The number of carbonyl (C=O) groups excluding carboxylic acids is 4. The van der Waals surface area contributed by atoms with Crippen molar-refractivity contribution in [1.29, 1.82) is 0 Å². The quantitative estimate of drug-likeness (QED) is 0.533. The minimum atomic E-state index is -0.651. The molecule has 3 amide bonds. The lowest BCUT2D eigenvalue weighted by Crippen LogP contribution is -2.30. The van der Waals surface area contributed by atoms with E-state index < -0.39 is 18.5 Å². The number of anilines is 2. The predicted molar refractivity (Wildman–Crippen MR) is 124 cm³/mol. The van der Waals surface area contributed by atoms with Gasteiger partial charge in [0.25, 0.3) is 5.91 Å². The second kappa shape index (κ2) is 9.57. The van der Waals surface area contributed by atoms with Crippen LogP contribution in [0.3, 0.4) is 0 Å². The van der Waals surface area contributed by atoms with Crippen LogP contribution in [0.2, 0.25) is 0 Å². The second-order valence-electron chi connectivity index (χ2n) is 8.82. The first kappa shape index (κ1) is 22.7. The van der Waals surface area contributed by atoms with Gasteiger partial charge in [-0.05, 0) is 67.5 Å². The lowest BCUT2D eigenvalue weighted by atomic mass is 9.76. The topological polar surface area (TPSA) is 92.8 Å². The maximum Gasteiger partial charge on any atom is 0.338 e. The normalized spacial score (nSPS) is 22.1. The Kier molecular flexibility index (Phi) is 6.58. The average molecular weight is 449 g/mol. The number of esters is 1. The van der Waals surface area contributed by atoms with Crippen molar-refractivity contribution in [3.63, 3.8) is 0 Å². The molecule has 33 heavy (non-hydrogen) atoms. The SMILES string of the molecule is CCc1ccccc1NC(=O)COC(=O)c1ccc(N2C(=O)[C@H]3C[C@@H](C)CC[C@H]3C2=O)cc1. The number of aryl methyl sites for hydroxylation is 1. The highest BCUT2D eigenvalue weighted by Gasteiger charge is 2.49. The fourth-order valence-corrected chi connectivity index (χ4v) is 4.74. The van der Waals surface area contributed by atoms with Crippen molar-refractivity contribution in [3.05, 3.63) is 59.7 Å². The Morgan fingerprint density at radius 1 is 1.00 bits per heavy atom. The summed E-state index contributed by atoms with van der Waals surface area (Å²) in [5.41, 5.74) is 2.39. The molecular formula is C26H28N2O5. The number of amides is 3. The number of nitrogens with one attached hydrogen (secondary N) is 1. The van der Waals surface area contributed by atoms with Gasteiger partial charge in [0.2, 0.25) is 11.8 Å². The molecule has 1 saturated heterocycles. The van der Waals surface area contributed by atoms with Crippen molar-refractivity contribution in [3.8, 4) is 0 Å². The zero-order valence-corrected chi connectivity index (χ0v) is 18.9. The van der Waals surface area contributed by atoms with Crippen LogP contribution in [0.15, 0.2) is 48.5 Å². The molecule has 172 valence electrons. The van der Waals surface area contributed by atoms with E-state index in [0.29, 0.717) is 17.3 Å². The summed E-state index contributed by atoms with van der Waals surface area (Å²) in [5.74, 6) is -1.44. The molecule has 1 heterocycles. The Morgan fingerprint density at radius 3 is 2.42 bits per heavy atom. The highest BCUT2D eigenvalue weighted by Crippen LogP contribution is 2.42. The summed E-state index contributed by atoms with van der Waals surface area (Å²) in [6.45, 7) is 3.69. The number of benzene rings is 2. The van der Waals surface area contributed by atoms with Crippen LogP contribution >= 0.6 is 0 Å². The van der Waals surface area contributed by atoms with Crippen molar-refractivity contribution >= 4 is 35.1 Å². The third-order valence-electron chi connectivity index (χ3n) is 6.56. The Morgan fingerprint density at radius 2 is 1.70 bits per heavy atom. The number of ether oxygens (including phenoxy) is 1. The molecule has 4 rings (SSSR count). The number of hydrogen-bond acceptors (Lipinski definition) is 5. The van der Waals surface area contributed by atoms with Gasteiger partial charge >= 0.3 is 5.97 Å². The fourth-order valence-electron chi connectivity index (χ4n) is 4.74. The summed E-state index contributed by atoms with van der Waals surface area (Å²) in [6, 6.07) is 13.6. The molecule has 1 aliphatic heterocycles. The molecule has 1 N–H and O–H groups in total. The second-order valence-corrected chi connectivity index (χ2v) is 8.82. The molecule has 0 spiro atoms.